The number of benzene rings is 2. The van der Waals surface area contributed by atoms with Crippen molar-refractivity contribution in [1.82, 2.24) is 4.98 Å². The lowest BCUT2D eigenvalue weighted by Gasteiger charge is -2.06. The number of rotatable bonds is 5. The molecule has 1 N–H and O–H groups in total. The number of thiazole rings is 1. The molecular weight excluding hydrogens is 375 g/mol. The number of anilines is 1. The van der Waals surface area contributed by atoms with Crippen LogP contribution in [-0.4, -0.2) is 10.9 Å². The topological polar surface area (TPSA) is 51.2 Å². The molecule has 0 saturated carbocycles. The van der Waals surface area contributed by atoms with Crippen molar-refractivity contribution in [2.24, 2.45) is 0 Å². The second kappa shape index (κ2) is 7.85. The van der Waals surface area contributed by atoms with Crippen molar-refractivity contribution >= 4 is 34.5 Å². The molecule has 2 aromatic carbocycles. The summed E-state index contributed by atoms with van der Waals surface area (Å²) in [6.07, 6.45) is 0. The van der Waals surface area contributed by atoms with Crippen LogP contribution in [0.1, 0.15) is 25.9 Å². The Morgan fingerprint density at radius 1 is 1.23 bits per heavy atom. The second-order valence-electron chi connectivity index (χ2n) is 5.70. The summed E-state index contributed by atoms with van der Waals surface area (Å²) < 4.78 is 19.5. The van der Waals surface area contributed by atoms with Gasteiger partial charge in [-0.2, -0.15) is 0 Å². The molecule has 0 saturated heterocycles. The van der Waals surface area contributed by atoms with Gasteiger partial charge < -0.3 is 10.1 Å². The number of aryl methyl sites for hydroxylation is 2. The number of nitrogens with one attached hydrogen (secondary N) is 1. The van der Waals surface area contributed by atoms with E-state index in [0.717, 1.165) is 5.56 Å². The van der Waals surface area contributed by atoms with Crippen molar-refractivity contribution in [1.29, 1.82) is 0 Å². The molecule has 1 amide bonds. The summed E-state index contributed by atoms with van der Waals surface area (Å²) in [5.74, 6) is -0.199. The molecule has 0 radical (unpaired) electrons. The predicted molar refractivity (Wildman–Crippen MR) is 102 cm³/mol. The SMILES string of the molecule is Cc1ccc(F)c(NC(=O)c2sc(COc3ccc(Cl)cc3)nc2C)c1. The van der Waals surface area contributed by atoms with E-state index in [2.05, 4.69) is 10.3 Å². The Morgan fingerprint density at radius 2 is 1.96 bits per heavy atom. The first kappa shape index (κ1) is 18.4. The van der Waals surface area contributed by atoms with E-state index in [0.29, 0.717) is 26.4 Å². The number of hydrogen-bond acceptors (Lipinski definition) is 4. The van der Waals surface area contributed by atoms with Gasteiger partial charge in [-0.05, 0) is 55.8 Å². The van der Waals surface area contributed by atoms with Crippen LogP contribution < -0.4 is 10.1 Å². The maximum Gasteiger partial charge on any atom is 0.267 e. The summed E-state index contributed by atoms with van der Waals surface area (Å²) in [5.41, 5.74) is 1.59. The van der Waals surface area contributed by atoms with Crippen LogP contribution in [-0.2, 0) is 6.61 Å². The average molecular weight is 391 g/mol. The first-order valence-electron chi connectivity index (χ1n) is 7.84. The molecule has 0 aliphatic carbocycles. The van der Waals surface area contributed by atoms with Gasteiger partial charge in [0.25, 0.3) is 5.91 Å². The maximum absolute atomic E-state index is 13.8. The van der Waals surface area contributed by atoms with Gasteiger partial charge in [-0.1, -0.05) is 17.7 Å². The summed E-state index contributed by atoms with van der Waals surface area (Å²) in [5, 5.41) is 3.89. The minimum atomic E-state index is -0.475. The van der Waals surface area contributed by atoms with Crippen molar-refractivity contribution in [3.05, 3.63) is 74.4 Å². The third kappa shape index (κ3) is 4.39. The minimum absolute atomic E-state index is 0.154. The Balaban J connectivity index is 1.69. The third-order valence-electron chi connectivity index (χ3n) is 3.59. The van der Waals surface area contributed by atoms with Crippen molar-refractivity contribution in [3.63, 3.8) is 0 Å². The first-order valence-corrected chi connectivity index (χ1v) is 9.04. The molecule has 0 bridgehead atoms. The van der Waals surface area contributed by atoms with E-state index in [1.54, 1.807) is 43.3 Å². The predicted octanol–water partition coefficient (Wildman–Crippen LogP) is 5.38. The molecule has 0 unspecified atom stereocenters. The molecule has 4 nitrogen and oxygen atoms in total. The van der Waals surface area contributed by atoms with Crippen LogP contribution in [0.5, 0.6) is 5.75 Å². The van der Waals surface area contributed by atoms with Gasteiger partial charge in [-0.15, -0.1) is 11.3 Å². The molecule has 26 heavy (non-hydrogen) atoms. The van der Waals surface area contributed by atoms with Gasteiger partial charge in [0.15, 0.2) is 0 Å². The largest absolute Gasteiger partial charge is 0.486 e. The Morgan fingerprint density at radius 3 is 2.69 bits per heavy atom. The Bertz CT molecular complexity index is 941. The van der Waals surface area contributed by atoms with Crippen LogP contribution in [0.25, 0.3) is 0 Å². The zero-order valence-electron chi connectivity index (χ0n) is 14.2. The highest BCUT2D eigenvalue weighted by Gasteiger charge is 2.17. The normalized spacial score (nSPS) is 10.6. The Labute approximate surface area is 159 Å². The Kier molecular flexibility index (Phi) is 5.54. The number of hydrogen-bond donors (Lipinski definition) is 1. The van der Waals surface area contributed by atoms with Crippen molar-refractivity contribution < 1.29 is 13.9 Å². The standard InChI is InChI=1S/C19H16ClFN2O2S/c1-11-3-8-15(21)16(9-11)23-19(24)18-12(2)22-17(26-18)10-25-14-6-4-13(20)5-7-14/h3-9H,10H2,1-2H3,(H,23,24). The van der Waals surface area contributed by atoms with Crippen molar-refractivity contribution in [2.75, 3.05) is 5.32 Å². The lowest BCUT2D eigenvalue weighted by atomic mass is 10.2. The van der Waals surface area contributed by atoms with Crippen LogP contribution in [0.3, 0.4) is 0 Å². The van der Waals surface area contributed by atoms with Crippen LogP contribution in [0.2, 0.25) is 5.02 Å². The van der Waals surface area contributed by atoms with Gasteiger partial charge >= 0.3 is 0 Å². The monoisotopic (exact) mass is 390 g/mol. The number of nitrogens with zero attached hydrogens (tertiary/aromatic N) is 1. The molecule has 3 aromatic rings. The molecule has 1 aromatic heterocycles. The van der Waals surface area contributed by atoms with Gasteiger partial charge in [-0.25, -0.2) is 9.37 Å². The highest BCUT2D eigenvalue weighted by atomic mass is 35.5. The first-order chi connectivity index (χ1) is 12.4. The third-order valence-corrected chi connectivity index (χ3v) is 4.97. The number of ether oxygens (including phenoxy) is 1. The number of aromatic nitrogens is 1. The van der Waals surface area contributed by atoms with Gasteiger partial charge in [0, 0.05) is 5.02 Å². The zero-order valence-corrected chi connectivity index (χ0v) is 15.7. The second-order valence-corrected chi connectivity index (χ2v) is 7.22. The summed E-state index contributed by atoms with van der Waals surface area (Å²) >= 11 is 7.06. The number of amides is 1. The van der Waals surface area contributed by atoms with E-state index in [4.69, 9.17) is 16.3 Å². The van der Waals surface area contributed by atoms with Gasteiger partial charge in [0.2, 0.25) is 0 Å². The van der Waals surface area contributed by atoms with E-state index in [-0.39, 0.29) is 18.2 Å². The molecule has 1 heterocycles. The van der Waals surface area contributed by atoms with E-state index < -0.39 is 5.82 Å². The van der Waals surface area contributed by atoms with E-state index in [9.17, 15) is 9.18 Å². The zero-order chi connectivity index (χ0) is 18.7. The number of carbonyl (C=O) groups is 1. The van der Waals surface area contributed by atoms with E-state index >= 15 is 0 Å². The highest BCUT2D eigenvalue weighted by Crippen LogP contribution is 2.23. The highest BCUT2D eigenvalue weighted by molar-refractivity contribution is 7.13. The quantitative estimate of drug-likeness (QED) is 0.636. The lowest BCUT2D eigenvalue weighted by molar-refractivity contribution is 0.102. The molecule has 0 aliphatic rings. The summed E-state index contributed by atoms with van der Waals surface area (Å²) in [6.45, 7) is 3.81. The van der Waals surface area contributed by atoms with Crippen LogP contribution in [0.4, 0.5) is 10.1 Å². The van der Waals surface area contributed by atoms with E-state index in [1.807, 2.05) is 6.92 Å². The fourth-order valence-corrected chi connectivity index (χ4v) is 3.31. The fraction of sp³-hybridized carbons (Fsp3) is 0.158. The molecule has 0 aliphatic heterocycles. The Hall–Kier alpha value is -2.44. The minimum Gasteiger partial charge on any atom is -0.486 e. The van der Waals surface area contributed by atoms with Crippen molar-refractivity contribution in [2.45, 2.75) is 20.5 Å². The molecule has 3 rings (SSSR count). The van der Waals surface area contributed by atoms with Gasteiger partial charge in [-0.3, -0.25) is 4.79 Å². The number of halogens is 2. The fourth-order valence-electron chi connectivity index (χ4n) is 2.31. The molecule has 0 atom stereocenters. The van der Waals surface area contributed by atoms with Crippen molar-refractivity contribution in [3.8, 4) is 5.75 Å². The molecule has 7 heteroatoms. The maximum atomic E-state index is 13.8. The van der Waals surface area contributed by atoms with Crippen LogP contribution >= 0.6 is 22.9 Å². The van der Waals surface area contributed by atoms with Gasteiger partial charge in [0.1, 0.15) is 28.1 Å². The summed E-state index contributed by atoms with van der Waals surface area (Å²) in [6, 6.07) is 11.6. The van der Waals surface area contributed by atoms with Crippen LogP contribution in [0.15, 0.2) is 42.5 Å². The molecular formula is C19H16ClFN2O2S. The molecule has 0 fully saturated rings. The van der Waals surface area contributed by atoms with E-state index in [1.165, 1.54) is 17.4 Å². The molecule has 0 spiro atoms. The van der Waals surface area contributed by atoms with Crippen LogP contribution in [0, 0.1) is 19.7 Å². The summed E-state index contributed by atoms with van der Waals surface area (Å²) in [7, 11) is 0. The smallest absolute Gasteiger partial charge is 0.267 e. The summed E-state index contributed by atoms with van der Waals surface area (Å²) in [4.78, 5) is 17.3. The molecule has 134 valence electrons. The van der Waals surface area contributed by atoms with Gasteiger partial charge in [0.05, 0.1) is 11.4 Å². The number of carbonyl (C=O) groups excluding carboxylic acids is 1. The lowest BCUT2D eigenvalue weighted by Crippen LogP contribution is -2.12. The average Bonchev–Trinajstić information content (AvgIpc) is 2.98.